The molecule has 0 fully saturated rings. The van der Waals surface area contributed by atoms with E-state index in [4.69, 9.17) is 4.42 Å². The maximum absolute atomic E-state index is 12.2. The summed E-state index contributed by atoms with van der Waals surface area (Å²) in [5, 5.41) is 6.20. The van der Waals surface area contributed by atoms with Crippen molar-refractivity contribution < 1.29 is 9.21 Å². The maximum Gasteiger partial charge on any atom is 0.243 e. The second-order valence-electron chi connectivity index (χ2n) is 5.18. The third-order valence-electron chi connectivity index (χ3n) is 3.60. The summed E-state index contributed by atoms with van der Waals surface area (Å²) in [4.78, 5) is 19.6. The molecule has 134 valence electrons. The minimum absolute atomic E-state index is 0. The molecule has 0 bridgehead atoms. The van der Waals surface area contributed by atoms with Gasteiger partial charge in [-0.15, -0.1) is 24.8 Å². The van der Waals surface area contributed by atoms with Crippen LogP contribution in [0.25, 0.3) is 0 Å². The number of halogens is 2. The first kappa shape index (κ1) is 20.9. The monoisotopic (exact) mass is 392 g/mol. The number of aromatic amines is 1. The first-order valence-electron chi connectivity index (χ1n) is 7.48. The molecule has 1 aliphatic rings. The van der Waals surface area contributed by atoms with Gasteiger partial charge >= 0.3 is 0 Å². The number of amides is 1. The second kappa shape index (κ2) is 10.7. The number of fused-ring (bicyclic) bond motifs is 1. The van der Waals surface area contributed by atoms with Crippen molar-refractivity contribution in [3.8, 4) is 0 Å². The number of hydrogen-bond acceptors (Lipinski definition) is 5. The topological polar surface area (TPSA) is 83.0 Å². The Kier molecular flexibility index (Phi) is 9.28. The number of hydrogen-bond donors (Lipinski definition) is 3. The van der Waals surface area contributed by atoms with Crippen molar-refractivity contribution in [2.24, 2.45) is 0 Å². The predicted molar refractivity (Wildman–Crippen MR) is 100 cm³/mol. The Balaban J connectivity index is 0.00000144. The zero-order valence-electron chi connectivity index (χ0n) is 13.1. The molecule has 9 heteroatoms. The Morgan fingerprint density at radius 3 is 3.12 bits per heavy atom. The van der Waals surface area contributed by atoms with E-state index in [1.807, 2.05) is 23.9 Å². The van der Waals surface area contributed by atoms with Crippen molar-refractivity contribution in [1.29, 1.82) is 0 Å². The van der Waals surface area contributed by atoms with E-state index >= 15 is 0 Å². The van der Waals surface area contributed by atoms with Gasteiger partial charge in [0, 0.05) is 25.2 Å². The fourth-order valence-electron chi connectivity index (χ4n) is 2.49. The second-order valence-corrected chi connectivity index (χ2v) is 6.29. The summed E-state index contributed by atoms with van der Waals surface area (Å²) in [7, 11) is 0. The molecule has 0 radical (unpaired) electrons. The Morgan fingerprint density at radius 1 is 1.46 bits per heavy atom. The summed E-state index contributed by atoms with van der Waals surface area (Å²) >= 11 is 1.81. The van der Waals surface area contributed by atoms with Crippen molar-refractivity contribution in [2.45, 2.75) is 24.6 Å². The van der Waals surface area contributed by atoms with Crippen LogP contribution in [-0.4, -0.2) is 34.7 Å². The Labute approximate surface area is 157 Å². The number of nitrogens with one attached hydrogen (secondary N) is 3. The van der Waals surface area contributed by atoms with E-state index in [1.54, 1.807) is 12.6 Å². The summed E-state index contributed by atoms with van der Waals surface area (Å²) in [6.07, 6.45) is 5.18. The molecule has 1 amide bonds. The average Bonchev–Trinajstić information content (AvgIpc) is 3.20. The van der Waals surface area contributed by atoms with Crippen LogP contribution >= 0.6 is 36.6 Å². The number of nitrogens with zero attached hydrogens (tertiary/aromatic N) is 1. The summed E-state index contributed by atoms with van der Waals surface area (Å²) < 4.78 is 5.27. The van der Waals surface area contributed by atoms with Crippen LogP contribution in [0.5, 0.6) is 0 Å². The molecular weight excluding hydrogens is 371 g/mol. The van der Waals surface area contributed by atoms with E-state index in [2.05, 4.69) is 20.6 Å². The lowest BCUT2D eigenvalue weighted by Crippen LogP contribution is -2.41. The lowest BCUT2D eigenvalue weighted by molar-refractivity contribution is -0.123. The zero-order valence-corrected chi connectivity index (χ0v) is 15.6. The lowest BCUT2D eigenvalue weighted by Gasteiger charge is -2.22. The number of thioether (sulfide) groups is 1. The molecule has 0 spiro atoms. The van der Waals surface area contributed by atoms with Crippen molar-refractivity contribution in [3.63, 3.8) is 0 Å². The van der Waals surface area contributed by atoms with Gasteiger partial charge < -0.3 is 20.0 Å². The Morgan fingerprint density at radius 2 is 2.33 bits per heavy atom. The molecule has 1 aliphatic heterocycles. The number of aromatic nitrogens is 2. The van der Waals surface area contributed by atoms with Crippen molar-refractivity contribution in [3.05, 3.63) is 41.9 Å². The number of H-pyrrole nitrogens is 1. The van der Waals surface area contributed by atoms with E-state index in [9.17, 15) is 4.79 Å². The van der Waals surface area contributed by atoms with Gasteiger partial charge in [-0.05, 0) is 24.3 Å². The fourth-order valence-corrected chi connectivity index (χ4v) is 3.35. The minimum Gasteiger partial charge on any atom is -0.468 e. The lowest BCUT2D eigenvalue weighted by atomic mass is 10.1. The third-order valence-corrected chi connectivity index (χ3v) is 4.67. The fraction of sp³-hybridized carbons (Fsp3) is 0.467. The Hall–Kier alpha value is -1.15. The van der Waals surface area contributed by atoms with Crippen LogP contribution < -0.4 is 10.6 Å². The van der Waals surface area contributed by atoms with E-state index in [0.717, 1.165) is 48.0 Å². The van der Waals surface area contributed by atoms with E-state index in [0.29, 0.717) is 6.54 Å². The molecule has 0 aliphatic carbocycles. The van der Waals surface area contributed by atoms with Crippen molar-refractivity contribution in [1.82, 2.24) is 20.6 Å². The molecule has 3 rings (SSSR count). The summed E-state index contributed by atoms with van der Waals surface area (Å²) in [6.45, 7) is 1.48. The van der Waals surface area contributed by atoms with Crippen LogP contribution in [0, 0.1) is 0 Å². The van der Waals surface area contributed by atoms with E-state index < -0.39 is 0 Å². The highest BCUT2D eigenvalue weighted by atomic mass is 35.5. The molecule has 1 unspecified atom stereocenters. The maximum atomic E-state index is 12.2. The van der Waals surface area contributed by atoms with Gasteiger partial charge in [-0.2, -0.15) is 11.8 Å². The van der Waals surface area contributed by atoms with Gasteiger partial charge in [-0.25, -0.2) is 4.98 Å². The number of imidazole rings is 1. The first-order chi connectivity index (χ1) is 10.8. The number of carbonyl (C=O) groups excluding carboxylic acids is 1. The molecule has 0 saturated carbocycles. The molecule has 24 heavy (non-hydrogen) atoms. The van der Waals surface area contributed by atoms with Crippen molar-refractivity contribution in [2.75, 3.05) is 18.8 Å². The van der Waals surface area contributed by atoms with Gasteiger partial charge in [0.2, 0.25) is 5.91 Å². The first-order valence-corrected chi connectivity index (χ1v) is 8.63. The van der Waals surface area contributed by atoms with E-state index in [-0.39, 0.29) is 36.8 Å². The van der Waals surface area contributed by atoms with Gasteiger partial charge in [-0.1, -0.05) is 0 Å². The number of furan rings is 1. The molecule has 0 aromatic carbocycles. The molecular formula is C15H22Cl2N4O2S. The molecule has 2 aromatic rings. The highest BCUT2D eigenvalue weighted by Crippen LogP contribution is 2.19. The highest BCUT2D eigenvalue weighted by molar-refractivity contribution is 7.98. The minimum atomic E-state index is -0.328. The molecule has 6 nitrogen and oxygen atoms in total. The smallest absolute Gasteiger partial charge is 0.243 e. The molecule has 1 atom stereocenters. The zero-order chi connectivity index (χ0) is 15.2. The molecule has 3 heterocycles. The van der Waals surface area contributed by atoms with Crippen LogP contribution in [0.2, 0.25) is 0 Å². The number of carbonyl (C=O) groups is 1. The summed E-state index contributed by atoms with van der Waals surface area (Å²) in [6, 6.07) is 3.55. The molecule has 2 aromatic heterocycles. The van der Waals surface area contributed by atoms with Gasteiger partial charge in [0.1, 0.15) is 11.8 Å². The van der Waals surface area contributed by atoms with Gasteiger partial charge in [0.15, 0.2) is 0 Å². The van der Waals surface area contributed by atoms with Crippen LogP contribution in [0.1, 0.15) is 29.6 Å². The molecule has 0 saturated heterocycles. The molecule has 3 N–H and O–H groups in total. The third kappa shape index (κ3) is 5.44. The highest BCUT2D eigenvalue weighted by Gasteiger charge is 2.27. The summed E-state index contributed by atoms with van der Waals surface area (Å²) in [5.74, 6) is 2.87. The Bertz CT molecular complexity index is 606. The number of rotatable bonds is 7. The van der Waals surface area contributed by atoms with E-state index in [1.165, 1.54) is 0 Å². The summed E-state index contributed by atoms with van der Waals surface area (Å²) in [5.41, 5.74) is 1.89. The normalized spacial score (nSPS) is 15.8. The van der Waals surface area contributed by atoms with Gasteiger partial charge in [0.25, 0.3) is 0 Å². The largest absolute Gasteiger partial charge is 0.468 e. The quantitative estimate of drug-likeness (QED) is 0.630. The predicted octanol–water partition coefficient (Wildman–Crippen LogP) is 2.47. The standard InChI is InChI=1S/C15H20N4O2S.2ClH/c20-15(14-13-12(4-6-16-14)18-10-19-13)17-5-2-8-22-9-11-3-1-7-21-11;;/h1,3,7,10,14,16H,2,4-6,8-9H2,(H,17,20)(H,18,19);2*1H. The SMILES string of the molecule is Cl.Cl.O=C(NCCCSCc1ccco1)C1NCCc2[nH]cnc21. The van der Waals surface area contributed by atoms with Crippen LogP contribution in [0.4, 0.5) is 0 Å². The van der Waals surface area contributed by atoms with Crippen LogP contribution in [-0.2, 0) is 17.0 Å². The van der Waals surface area contributed by atoms with Crippen LogP contribution in [0.15, 0.2) is 29.1 Å². The van der Waals surface area contributed by atoms with Gasteiger partial charge in [-0.3, -0.25) is 4.79 Å². The van der Waals surface area contributed by atoms with Gasteiger partial charge in [0.05, 0.1) is 24.0 Å². The van der Waals surface area contributed by atoms with Crippen LogP contribution in [0.3, 0.4) is 0 Å². The van der Waals surface area contributed by atoms with Crippen molar-refractivity contribution >= 4 is 42.5 Å². The average molecular weight is 393 g/mol.